The lowest BCUT2D eigenvalue weighted by Gasteiger charge is -2.10. The van der Waals surface area contributed by atoms with Gasteiger partial charge in [-0.15, -0.1) is 0 Å². The van der Waals surface area contributed by atoms with E-state index in [4.69, 9.17) is 13.9 Å². The molecule has 0 radical (unpaired) electrons. The number of carbonyl (C=O) groups is 1. The first-order valence-electron chi connectivity index (χ1n) is 15.3. The van der Waals surface area contributed by atoms with Crippen molar-refractivity contribution in [3.05, 3.63) is 58.1 Å². The molecular formula is C34H47NO5. The molecule has 0 saturated carbocycles. The maximum atomic E-state index is 12.7. The predicted molar refractivity (Wildman–Crippen MR) is 162 cm³/mol. The van der Waals surface area contributed by atoms with Crippen molar-refractivity contribution >= 4 is 16.9 Å². The molecule has 3 aromatic rings. The third-order valence-corrected chi connectivity index (χ3v) is 7.34. The summed E-state index contributed by atoms with van der Waals surface area (Å²) < 4.78 is 16.6. The minimum atomic E-state index is -0.345. The SMILES string of the molecule is CCCCc1ccc(-c2cc3cc(OCCCCCCCCCCCCOC(=O)CC)ncc3oc2=O)c(C)c1. The molecule has 0 saturated heterocycles. The molecule has 3 rings (SSSR count). The molecule has 2 aromatic heterocycles. The molecule has 218 valence electrons. The Balaban J connectivity index is 1.36. The van der Waals surface area contributed by atoms with Crippen LogP contribution in [-0.4, -0.2) is 24.2 Å². The van der Waals surface area contributed by atoms with E-state index < -0.39 is 0 Å². The largest absolute Gasteiger partial charge is 0.478 e. The fourth-order valence-corrected chi connectivity index (χ4v) is 4.92. The molecule has 0 fully saturated rings. The lowest BCUT2D eigenvalue weighted by atomic mass is 9.97. The summed E-state index contributed by atoms with van der Waals surface area (Å²) in [5.74, 6) is 0.459. The monoisotopic (exact) mass is 549 g/mol. The van der Waals surface area contributed by atoms with Gasteiger partial charge in [-0.25, -0.2) is 9.78 Å². The van der Waals surface area contributed by atoms with Crippen molar-refractivity contribution in [3.8, 4) is 17.0 Å². The number of hydrogen-bond acceptors (Lipinski definition) is 6. The van der Waals surface area contributed by atoms with Crippen molar-refractivity contribution in [3.63, 3.8) is 0 Å². The molecule has 0 amide bonds. The van der Waals surface area contributed by atoms with E-state index in [0.717, 1.165) is 61.5 Å². The van der Waals surface area contributed by atoms with Crippen LogP contribution >= 0.6 is 0 Å². The molecule has 1 aromatic carbocycles. The third-order valence-electron chi connectivity index (χ3n) is 7.34. The van der Waals surface area contributed by atoms with Gasteiger partial charge in [0, 0.05) is 17.9 Å². The van der Waals surface area contributed by atoms with E-state index in [1.165, 1.54) is 44.1 Å². The molecule has 0 aliphatic carbocycles. The van der Waals surface area contributed by atoms with Crippen molar-refractivity contribution in [2.45, 2.75) is 111 Å². The molecule has 0 aliphatic rings. The standard InChI is InChI=1S/C34H47NO5/c1-4-6-17-27-18-19-29(26(3)22-27)30-23-28-24-32(35-25-31(28)40-34(30)37)38-20-15-13-11-9-7-8-10-12-14-16-21-39-33(36)5-2/h18-19,22-25H,4-17,20-21H2,1-3H3. The first kappa shape index (κ1) is 31.4. The predicted octanol–water partition coefficient (Wildman–Crippen LogP) is 8.74. The molecular weight excluding hydrogens is 502 g/mol. The van der Waals surface area contributed by atoms with Gasteiger partial charge in [-0.1, -0.05) is 89.8 Å². The summed E-state index contributed by atoms with van der Waals surface area (Å²) >= 11 is 0. The maximum absolute atomic E-state index is 12.7. The van der Waals surface area contributed by atoms with Crippen LogP contribution < -0.4 is 10.4 Å². The van der Waals surface area contributed by atoms with Gasteiger partial charge in [0.15, 0.2) is 5.58 Å². The number of unbranched alkanes of at least 4 members (excludes halogenated alkanes) is 10. The number of carbonyl (C=O) groups excluding carboxylic acids is 1. The summed E-state index contributed by atoms with van der Waals surface area (Å²) in [5.41, 5.74) is 3.98. The summed E-state index contributed by atoms with van der Waals surface area (Å²) in [6.07, 6.45) is 17.1. The van der Waals surface area contributed by atoms with Gasteiger partial charge < -0.3 is 13.9 Å². The summed E-state index contributed by atoms with van der Waals surface area (Å²) in [4.78, 5) is 28.2. The Bertz CT molecular complexity index is 1250. The van der Waals surface area contributed by atoms with Crippen LogP contribution in [0, 0.1) is 6.92 Å². The zero-order valence-electron chi connectivity index (χ0n) is 24.8. The van der Waals surface area contributed by atoms with Crippen molar-refractivity contribution in [2.75, 3.05) is 13.2 Å². The van der Waals surface area contributed by atoms with E-state index in [1.54, 1.807) is 6.20 Å². The quantitative estimate of drug-likeness (QED) is 0.110. The summed E-state index contributed by atoms with van der Waals surface area (Å²) in [6, 6.07) is 10.1. The molecule has 0 bridgehead atoms. The van der Waals surface area contributed by atoms with Gasteiger partial charge in [-0.3, -0.25) is 4.79 Å². The Morgan fingerprint density at radius 1 is 0.825 bits per heavy atom. The highest BCUT2D eigenvalue weighted by atomic mass is 16.5. The van der Waals surface area contributed by atoms with Crippen molar-refractivity contribution in [1.82, 2.24) is 4.98 Å². The molecule has 0 atom stereocenters. The van der Waals surface area contributed by atoms with Gasteiger partial charge in [-0.2, -0.15) is 0 Å². The van der Waals surface area contributed by atoms with Gasteiger partial charge >= 0.3 is 11.6 Å². The highest BCUT2D eigenvalue weighted by molar-refractivity contribution is 5.82. The number of aromatic nitrogens is 1. The lowest BCUT2D eigenvalue weighted by molar-refractivity contribution is -0.143. The average Bonchev–Trinajstić information content (AvgIpc) is 2.96. The van der Waals surface area contributed by atoms with Crippen molar-refractivity contribution < 1.29 is 18.7 Å². The minimum Gasteiger partial charge on any atom is -0.478 e. The van der Waals surface area contributed by atoms with E-state index in [9.17, 15) is 9.59 Å². The third kappa shape index (κ3) is 10.4. The van der Waals surface area contributed by atoms with E-state index in [0.29, 0.717) is 36.7 Å². The van der Waals surface area contributed by atoms with E-state index in [-0.39, 0.29) is 11.6 Å². The Labute approximate surface area is 239 Å². The second-order valence-corrected chi connectivity index (χ2v) is 10.7. The number of pyridine rings is 1. The van der Waals surface area contributed by atoms with Crippen LogP contribution in [0.15, 0.2) is 45.7 Å². The number of hydrogen-bond donors (Lipinski definition) is 0. The van der Waals surface area contributed by atoms with Crippen molar-refractivity contribution in [1.29, 1.82) is 0 Å². The fraction of sp³-hybridized carbons (Fsp3) is 0.559. The average molecular weight is 550 g/mol. The van der Waals surface area contributed by atoms with Crippen LogP contribution in [0.5, 0.6) is 5.88 Å². The van der Waals surface area contributed by atoms with Gasteiger partial charge in [0.2, 0.25) is 5.88 Å². The zero-order valence-corrected chi connectivity index (χ0v) is 24.8. The number of ether oxygens (including phenoxy) is 2. The normalized spacial score (nSPS) is 11.2. The number of esters is 1. The van der Waals surface area contributed by atoms with Crippen LogP contribution in [0.3, 0.4) is 0 Å². The molecule has 0 N–H and O–H groups in total. The van der Waals surface area contributed by atoms with Crippen LogP contribution in [0.1, 0.15) is 108 Å². The van der Waals surface area contributed by atoms with Crippen LogP contribution in [0.4, 0.5) is 0 Å². The number of aryl methyl sites for hydroxylation is 2. The van der Waals surface area contributed by atoms with Gasteiger partial charge in [0.05, 0.1) is 25.0 Å². The number of rotatable bonds is 19. The maximum Gasteiger partial charge on any atom is 0.344 e. The molecule has 0 aliphatic heterocycles. The molecule has 40 heavy (non-hydrogen) atoms. The van der Waals surface area contributed by atoms with E-state index in [1.807, 2.05) is 32.0 Å². The lowest BCUT2D eigenvalue weighted by Crippen LogP contribution is -2.05. The van der Waals surface area contributed by atoms with Gasteiger partial charge in [-0.05, 0) is 55.4 Å². The van der Waals surface area contributed by atoms with E-state index in [2.05, 4.69) is 24.0 Å². The highest BCUT2D eigenvalue weighted by Gasteiger charge is 2.12. The Kier molecular flexibility index (Phi) is 13.7. The fourth-order valence-electron chi connectivity index (χ4n) is 4.92. The second-order valence-electron chi connectivity index (χ2n) is 10.7. The van der Waals surface area contributed by atoms with Gasteiger partial charge in [0.1, 0.15) is 0 Å². The molecule has 0 unspecified atom stereocenters. The van der Waals surface area contributed by atoms with Gasteiger partial charge in [0.25, 0.3) is 0 Å². The number of nitrogens with zero attached hydrogens (tertiary/aromatic N) is 1. The van der Waals surface area contributed by atoms with Crippen molar-refractivity contribution in [2.24, 2.45) is 0 Å². The Hall–Kier alpha value is -3.15. The number of fused-ring (bicyclic) bond motifs is 1. The first-order valence-corrected chi connectivity index (χ1v) is 15.3. The Morgan fingerprint density at radius 3 is 2.15 bits per heavy atom. The number of benzene rings is 1. The Morgan fingerprint density at radius 2 is 1.50 bits per heavy atom. The van der Waals surface area contributed by atoms with Crippen LogP contribution in [-0.2, 0) is 16.0 Å². The smallest absolute Gasteiger partial charge is 0.344 e. The zero-order chi connectivity index (χ0) is 28.6. The second kappa shape index (κ2) is 17.5. The minimum absolute atomic E-state index is 0.0998. The van der Waals surface area contributed by atoms with Crippen LogP contribution in [0.25, 0.3) is 22.1 Å². The van der Waals surface area contributed by atoms with E-state index >= 15 is 0 Å². The molecule has 6 heteroatoms. The molecule has 6 nitrogen and oxygen atoms in total. The molecule has 2 heterocycles. The first-order chi connectivity index (χ1) is 19.5. The molecule has 0 spiro atoms. The summed E-state index contributed by atoms with van der Waals surface area (Å²) in [5, 5.41) is 0.816. The topological polar surface area (TPSA) is 78.6 Å². The summed E-state index contributed by atoms with van der Waals surface area (Å²) in [7, 11) is 0. The highest BCUT2D eigenvalue weighted by Crippen LogP contribution is 2.26. The summed E-state index contributed by atoms with van der Waals surface area (Å²) in [6.45, 7) is 7.26. The van der Waals surface area contributed by atoms with Crippen LogP contribution in [0.2, 0.25) is 0 Å².